The van der Waals surface area contributed by atoms with E-state index in [-0.39, 0.29) is 0 Å². The van der Waals surface area contributed by atoms with Gasteiger partial charge in [0.25, 0.3) is 0 Å². The average molecular weight is 261 g/mol. The molecule has 2 aromatic rings. The van der Waals surface area contributed by atoms with Crippen LogP contribution in [0.25, 0.3) is 11.3 Å². The minimum atomic E-state index is 0.816. The van der Waals surface area contributed by atoms with Crippen molar-refractivity contribution in [1.29, 1.82) is 0 Å². The normalized spacial score (nSPS) is 17.2. The van der Waals surface area contributed by atoms with Crippen molar-refractivity contribution in [2.75, 3.05) is 13.1 Å². The highest BCUT2D eigenvalue weighted by atomic mass is 32.1. The molecule has 96 valence electrons. The number of hydrogen-bond donors (Lipinski definition) is 2. The third-order valence-corrected chi connectivity index (χ3v) is 4.63. The molecule has 0 aromatic carbocycles. The van der Waals surface area contributed by atoms with Crippen molar-refractivity contribution in [3.8, 4) is 11.3 Å². The lowest BCUT2D eigenvalue weighted by molar-refractivity contribution is 0.372. The van der Waals surface area contributed by atoms with E-state index in [1.54, 1.807) is 0 Å². The van der Waals surface area contributed by atoms with Gasteiger partial charge in [-0.1, -0.05) is 0 Å². The second-order valence-electron chi connectivity index (χ2n) is 5.01. The molecule has 0 atom stereocenters. The Kier molecular flexibility index (Phi) is 3.48. The van der Waals surface area contributed by atoms with Crippen LogP contribution in [0.15, 0.2) is 18.5 Å². The van der Waals surface area contributed by atoms with Gasteiger partial charge in [0.2, 0.25) is 0 Å². The first-order valence-electron chi connectivity index (χ1n) is 6.63. The maximum atomic E-state index is 4.82. The number of aromatic nitrogens is 2. The summed E-state index contributed by atoms with van der Waals surface area (Å²) >= 11 is 1.86. The van der Waals surface area contributed by atoms with Gasteiger partial charge in [0.15, 0.2) is 0 Å². The van der Waals surface area contributed by atoms with E-state index in [0.29, 0.717) is 0 Å². The quantitative estimate of drug-likeness (QED) is 0.891. The summed E-state index contributed by atoms with van der Waals surface area (Å²) in [6.07, 6.45) is 7.71. The lowest BCUT2D eigenvalue weighted by Crippen LogP contribution is -2.28. The van der Waals surface area contributed by atoms with Gasteiger partial charge in [0.1, 0.15) is 0 Å². The van der Waals surface area contributed by atoms with Crippen LogP contribution in [-0.2, 0) is 6.42 Å². The van der Waals surface area contributed by atoms with Crippen molar-refractivity contribution in [2.45, 2.75) is 26.2 Å². The molecule has 0 spiro atoms. The van der Waals surface area contributed by atoms with Crippen LogP contribution in [0.3, 0.4) is 0 Å². The molecule has 1 aliphatic rings. The van der Waals surface area contributed by atoms with Crippen LogP contribution < -0.4 is 5.32 Å². The van der Waals surface area contributed by atoms with Crippen LogP contribution in [0.5, 0.6) is 0 Å². The molecule has 0 bridgehead atoms. The van der Waals surface area contributed by atoms with Crippen molar-refractivity contribution in [1.82, 2.24) is 15.3 Å². The van der Waals surface area contributed by atoms with Crippen LogP contribution in [0, 0.1) is 12.8 Å². The number of aromatic amines is 1. The summed E-state index contributed by atoms with van der Waals surface area (Å²) in [7, 11) is 0. The Labute approximate surface area is 112 Å². The highest BCUT2D eigenvalue weighted by molar-refractivity contribution is 7.12. The summed E-state index contributed by atoms with van der Waals surface area (Å²) in [6, 6.07) is 2.09. The molecule has 3 heterocycles. The van der Waals surface area contributed by atoms with Gasteiger partial charge in [-0.3, -0.25) is 0 Å². The maximum absolute atomic E-state index is 4.82. The van der Waals surface area contributed by atoms with Gasteiger partial charge < -0.3 is 10.3 Å². The zero-order valence-electron chi connectivity index (χ0n) is 10.7. The molecular weight excluding hydrogens is 242 g/mol. The van der Waals surface area contributed by atoms with Gasteiger partial charge in [0.05, 0.1) is 10.7 Å². The van der Waals surface area contributed by atoms with Crippen LogP contribution in [0.2, 0.25) is 0 Å². The number of nitrogens with one attached hydrogen (secondary N) is 2. The molecule has 0 amide bonds. The fourth-order valence-electron chi connectivity index (χ4n) is 2.61. The second kappa shape index (κ2) is 5.24. The molecule has 1 aliphatic heterocycles. The van der Waals surface area contributed by atoms with E-state index in [0.717, 1.165) is 18.0 Å². The van der Waals surface area contributed by atoms with Crippen LogP contribution >= 0.6 is 11.3 Å². The molecule has 3 rings (SSSR count). The highest BCUT2D eigenvalue weighted by Crippen LogP contribution is 2.29. The zero-order valence-corrected chi connectivity index (χ0v) is 11.5. The summed E-state index contributed by atoms with van der Waals surface area (Å²) < 4.78 is 0. The highest BCUT2D eigenvalue weighted by Gasteiger charge is 2.17. The van der Waals surface area contributed by atoms with Crippen molar-refractivity contribution in [3.05, 3.63) is 28.3 Å². The second-order valence-corrected chi connectivity index (χ2v) is 6.30. The Bertz CT molecular complexity index is 495. The Morgan fingerprint density at radius 2 is 2.22 bits per heavy atom. The fraction of sp³-hybridized carbons (Fsp3) is 0.500. The molecule has 0 saturated carbocycles. The number of H-pyrrole nitrogens is 1. The van der Waals surface area contributed by atoms with E-state index in [1.165, 1.54) is 41.4 Å². The van der Waals surface area contributed by atoms with E-state index in [9.17, 15) is 0 Å². The lowest BCUT2D eigenvalue weighted by Gasteiger charge is -2.21. The SMILES string of the molecule is Cc1sc(CC2CCNCC2)nc1-c1cc[nH]c1. The smallest absolute Gasteiger partial charge is 0.0938 e. The van der Waals surface area contributed by atoms with Crippen LogP contribution in [0.4, 0.5) is 0 Å². The third kappa shape index (κ3) is 2.49. The minimum absolute atomic E-state index is 0.816. The minimum Gasteiger partial charge on any atom is -0.367 e. The van der Waals surface area contributed by atoms with E-state index < -0.39 is 0 Å². The van der Waals surface area contributed by atoms with Gasteiger partial charge in [-0.15, -0.1) is 11.3 Å². The zero-order chi connectivity index (χ0) is 12.4. The molecule has 1 fully saturated rings. The van der Waals surface area contributed by atoms with E-state index in [4.69, 9.17) is 4.98 Å². The van der Waals surface area contributed by atoms with Crippen molar-refractivity contribution >= 4 is 11.3 Å². The number of hydrogen-bond acceptors (Lipinski definition) is 3. The maximum Gasteiger partial charge on any atom is 0.0938 e. The van der Waals surface area contributed by atoms with Crippen molar-refractivity contribution < 1.29 is 0 Å². The Morgan fingerprint density at radius 3 is 2.94 bits per heavy atom. The molecule has 1 saturated heterocycles. The molecule has 4 heteroatoms. The number of rotatable bonds is 3. The first-order chi connectivity index (χ1) is 8.83. The monoisotopic (exact) mass is 261 g/mol. The van der Waals surface area contributed by atoms with Gasteiger partial charge in [0, 0.05) is 29.3 Å². The largest absolute Gasteiger partial charge is 0.367 e. The van der Waals surface area contributed by atoms with Gasteiger partial charge in [-0.25, -0.2) is 4.98 Å². The topological polar surface area (TPSA) is 40.7 Å². The summed E-state index contributed by atoms with van der Waals surface area (Å²) in [5.41, 5.74) is 2.37. The Hall–Kier alpha value is -1.13. The molecular formula is C14H19N3S. The Balaban J connectivity index is 1.75. The number of nitrogens with zero attached hydrogens (tertiary/aromatic N) is 1. The average Bonchev–Trinajstić information content (AvgIpc) is 3.00. The van der Waals surface area contributed by atoms with Gasteiger partial charge in [-0.05, 0) is 44.8 Å². The van der Waals surface area contributed by atoms with Crippen molar-refractivity contribution in [2.24, 2.45) is 5.92 Å². The molecule has 2 N–H and O–H groups in total. The molecule has 18 heavy (non-hydrogen) atoms. The Morgan fingerprint density at radius 1 is 1.39 bits per heavy atom. The summed E-state index contributed by atoms with van der Waals surface area (Å²) in [6.45, 7) is 4.51. The molecule has 0 aliphatic carbocycles. The first-order valence-corrected chi connectivity index (χ1v) is 7.45. The fourth-order valence-corrected chi connectivity index (χ4v) is 3.68. The summed E-state index contributed by atoms with van der Waals surface area (Å²) in [5.74, 6) is 0.816. The molecule has 3 nitrogen and oxygen atoms in total. The molecule has 0 radical (unpaired) electrons. The van der Waals surface area contributed by atoms with E-state index in [2.05, 4.69) is 23.3 Å². The third-order valence-electron chi connectivity index (χ3n) is 3.63. The van der Waals surface area contributed by atoms with E-state index >= 15 is 0 Å². The van der Waals surface area contributed by atoms with Gasteiger partial charge in [-0.2, -0.15) is 0 Å². The predicted octanol–water partition coefficient (Wildman–Crippen LogP) is 2.99. The number of piperidine rings is 1. The predicted molar refractivity (Wildman–Crippen MR) is 75.9 cm³/mol. The first kappa shape index (κ1) is 11.9. The molecule has 2 aromatic heterocycles. The van der Waals surface area contributed by atoms with Gasteiger partial charge >= 0.3 is 0 Å². The van der Waals surface area contributed by atoms with Crippen LogP contribution in [-0.4, -0.2) is 23.1 Å². The number of thiazole rings is 1. The lowest BCUT2D eigenvalue weighted by atomic mass is 9.95. The van der Waals surface area contributed by atoms with E-state index in [1.807, 2.05) is 23.7 Å². The van der Waals surface area contributed by atoms with Crippen molar-refractivity contribution in [3.63, 3.8) is 0 Å². The van der Waals surface area contributed by atoms with Crippen LogP contribution in [0.1, 0.15) is 22.7 Å². The molecule has 0 unspecified atom stereocenters. The number of aryl methyl sites for hydroxylation is 1. The summed E-state index contributed by atoms with van der Waals surface area (Å²) in [4.78, 5) is 9.26. The standard InChI is InChI=1S/C14H19N3S/c1-10-14(12-4-7-16-9-12)17-13(18-10)8-11-2-5-15-6-3-11/h4,7,9,11,15-16H,2-3,5-6,8H2,1H3. The summed E-state index contributed by atoms with van der Waals surface area (Å²) in [5, 5.41) is 4.72.